The van der Waals surface area contributed by atoms with Gasteiger partial charge in [-0.1, -0.05) is 22.0 Å². The van der Waals surface area contributed by atoms with Crippen LogP contribution in [0.1, 0.15) is 10.7 Å². The third kappa shape index (κ3) is 2.86. The zero-order chi connectivity index (χ0) is 13.3. The molecule has 0 aliphatic carbocycles. The molecule has 1 aromatic carbocycles. The molecule has 8 heteroatoms. The minimum Gasteiger partial charge on any atom is -0.434 e. The lowest BCUT2D eigenvalue weighted by atomic mass is 10.3. The minimum absolute atomic E-state index is 0.00156. The van der Waals surface area contributed by atoms with E-state index in [-0.39, 0.29) is 39.0 Å². The van der Waals surface area contributed by atoms with Gasteiger partial charge in [0.25, 0.3) is 5.89 Å². The van der Waals surface area contributed by atoms with Gasteiger partial charge in [0.1, 0.15) is 5.52 Å². The summed E-state index contributed by atoms with van der Waals surface area (Å²) < 4.78 is 42.1. The highest BCUT2D eigenvalue weighted by Gasteiger charge is 2.31. The van der Waals surface area contributed by atoms with E-state index >= 15 is 0 Å². The van der Waals surface area contributed by atoms with E-state index in [1.165, 1.54) is 18.2 Å². The predicted molar refractivity (Wildman–Crippen MR) is 64.0 cm³/mol. The highest BCUT2D eigenvalue weighted by molar-refractivity contribution is 9.09. The van der Waals surface area contributed by atoms with Crippen LogP contribution in [0.15, 0.2) is 27.5 Å². The van der Waals surface area contributed by atoms with Crippen LogP contribution in [0, 0.1) is 0 Å². The molecule has 0 N–H and O–H groups in total. The summed E-state index contributed by atoms with van der Waals surface area (Å²) >= 11 is 2.66. The highest BCUT2D eigenvalue weighted by Crippen LogP contribution is 2.39. The summed E-state index contributed by atoms with van der Waals surface area (Å²) in [7, 11) is 0. The molecule has 0 amide bonds. The summed E-state index contributed by atoms with van der Waals surface area (Å²) in [6.45, 7) is 0. The molecule has 2 aromatic rings. The molecule has 0 aliphatic heterocycles. The maximum Gasteiger partial charge on any atom is 0.446 e. The molecular weight excluding hydrogens is 335 g/mol. The third-order valence-electron chi connectivity index (χ3n) is 1.97. The van der Waals surface area contributed by atoms with Gasteiger partial charge in [-0.05, 0) is 23.9 Å². The monoisotopic (exact) mass is 339 g/mol. The van der Waals surface area contributed by atoms with Crippen molar-refractivity contribution in [2.75, 3.05) is 5.33 Å². The van der Waals surface area contributed by atoms with E-state index in [4.69, 9.17) is 4.42 Å². The molecule has 0 saturated heterocycles. The number of aromatic nitrogens is 1. The summed E-state index contributed by atoms with van der Waals surface area (Å²) in [4.78, 5) is 15.1. The lowest BCUT2D eigenvalue weighted by Gasteiger charge is -2.04. The molecule has 0 bridgehead atoms. The van der Waals surface area contributed by atoms with Crippen molar-refractivity contribution >= 4 is 44.6 Å². The number of carbonyl (C=O) groups is 1. The smallest absolute Gasteiger partial charge is 0.434 e. The Balaban J connectivity index is 2.49. The van der Waals surface area contributed by atoms with Crippen molar-refractivity contribution in [3.63, 3.8) is 0 Å². The number of thioether (sulfide) groups is 1. The highest BCUT2D eigenvalue weighted by atomic mass is 79.9. The van der Waals surface area contributed by atoms with E-state index < -0.39 is 11.3 Å². The van der Waals surface area contributed by atoms with Crippen LogP contribution in [0.5, 0.6) is 0 Å². The number of Topliss-reactive ketones (excluding diaryl/α,β-unsaturated/α-hetero) is 1. The van der Waals surface area contributed by atoms with Crippen LogP contribution >= 0.6 is 27.7 Å². The number of para-hydroxylation sites is 1. The van der Waals surface area contributed by atoms with Gasteiger partial charge >= 0.3 is 5.51 Å². The average Bonchev–Trinajstić information content (AvgIpc) is 2.71. The van der Waals surface area contributed by atoms with Crippen LogP contribution < -0.4 is 0 Å². The molecule has 1 heterocycles. The van der Waals surface area contributed by atoms with Crippen LogP contribution in [0.3, 0.4) is 0 Å². The summed E-state index contributed by atoms with van der Waals surface area (Å²) in [5.74, 6) is -0.619. The molecule has 1 aromatic heterocycles. The van der Waals surface area contributed by atoms with Crippen LogP contribution in [0.4, 0.5) is 13.2 Å². The van der Waals surface area contributed by atoms with Crippen molar-refractivity contribution in [1.82, 2.24) is 4.98 Å². The number of halogens is 4. The molecule has 0 spiro atoms. The maximum absolute atomic E-state index is 12.3. The van der Waals surface area contributed by atoms with Gasteiger partial charge in [-0.2, -0.15) is 13.2 Å². The molecule has 0 saturated carbocycles. The second-order valence-corrected chi connectivity index (χ2v) is 4.89. The zero-order valence-electron chi connectivity index (χ0n) is 8.62. The van der Waals surface area contributed by atoms with Crippen LogP contribution in [0.2, 0.25) is 0 Å². The number of fused-ring (bicyclic) bond motifs is 1. The molecular formula is C10H5BrF3NO2S. The zero-order valence-corrected chi connectivity index (χ0v) is 11.0. The number of alkyl halides is 4. The second-order valence-electron chi connectivity index (χ2n) is 3.23. The van der Waals surface area contributed by atoms with Crippen molar-refractivity contribution in [3.05, 3.63) is 24.1 Å². The minimum atomic E-state index is -4.41. The molecule has 3 nitrogen and oxygen atoms in total. The topological polar surface area (TPSA) is 43.1 Å². The summed E-state index contributed by atoms with van der Waals surface area (Å²) in [5.41, 5.74) is -4.20. The lowest BCUT2D eigenvalue weighted by molar-refractivity contribution is -0.0327. The fourth-order valence-electron chi connectivity index (χ4n) is 1.31. The Morgan fingerprint density at radius 2 is 2.17 bits per heavy atom. The molecule has 0 unspecified atom stereocenters. The third-order valence-corrected chi connectivity index (χ3v) is 3.26. The average molecular weight is 340 g/mol. The van der Waals surface area contributed by atoms with Gasteiger partial charge in [0.05, 0.1) is 5.33 Å². The summed E-state index contributed by atoms with van der Waals surface area (Å²) in [6, 6.07) is 4.17. The maximum atomic E-state index is 12.3. The second kappa shape index (κ2) is 4.93. The van der Waals surface area contributed by atoms with Crippen molar-refractivity contribution in [2.24, 2.45) is 0 Å². The van der Waals surface area contributed by atoms with Gasteiger partial charge < -0.3 is 4.42 Å². The van der Waals surface area contributed by atoms with E-state index in [1.54, 1.807) is 0 Å². The van der Waals surface area contributed by atoms with E-state index in [0.717, 1.165) is 0 Å². The first kappa shape index (κ1) is 13.4. The molecule has 0 fully saturated rings. The molecule has 96 valence electrons. The number of hydrogen-bond donors (Lipinski definition) is 0. The molecule has 2 rings (SSSR count). The van der Waals surface area contributed by atoms with Gasteiger partial charge in [0.15, 0.2) is 5.58 Å². The number of hydrogen-bond acceptors (Lipinski definition) is 4. The lowest BCUT2D eigenvalue weighted by Crippen LogP contribution is -2.00. The van der Waals surface area contributed by atoms with Crippen LogP contribution in [-0.4, -0.2) is 21.6 Å². The van der Waals surface area contributed by atoms with Gasteiger partial charge in [0.2, 0.25) is 5.78 Å². The van der Waals surface area contributed by atoms with Gasteiger partial charge in [-0.25, -0.2) is 4.98 Å². The standard InChI is InChI=1S/C10H5BrF3NO2S/c11-4-5(16)9-15-8-6(17-9)2-1-3-7(8)18-10(12,13)14/h1-3H,4H2. The Bertz CT molecular complexity index is 596. The number of carbonyl (C=O) groups excluding carboxylic acids is 1. The van der Waals surface area contributed by atoms with E-state index in [2.05, 4.69) is 20.9 Å². The number of nitrogens with zero attached hydrogens (tertiary/aromatic N) is 1. The van der Waals surface area contributed by atoms with Gasteiger partial charge in [-0.3, -0.25) is 4.79 Å². The number of rotatable bonds is 3. The Kier molecular flexibility index (Phi) is 3.67. The first-order valence-corrected chi connectivity index (χ1v) is 6.59. The molecule has 0 atom stereocenters. The summed E-state index contributed by atoms with van der Waals surface area (Å²) in [6.07, 6.45) is 0. The Hall–Kier alpha value is -1.02. The Labute approximate surface area is 112 Å². The van der Waals surface area contributed by atoms with Crippen molar-refractivity contribution < 1.29 is 22.4 Å². The quantitative estimate of drug-likeness (QED) is 0.481. The predicted octanol–water partition coefficient (Wildman–Crippen LogP) is 4.02. The van der Waals surface area contributed by atoms with Crippen molar-refractivity contribution in [1.29, 1.82) is 0 Å². The van der Waals surface area contributed by atoms with Crippen molar-refractivity contribution in [3.8, 4) is 0 Å². The van der Waals surface area contributed by atoms with Gasteiger partial charge in [0, 0.05) is 4.90 Å². The number of ketones is 1. The largest absolute Gasteiger partial charge is 0.446 e. The first-order chi connectivity index (χ1) is 8.40. The molecule has 18 heavy (non-hydrogen) atoms. The van der Waals surface area contributed by atoms with Gasteiger partial charge in [-0.15, -0.1) is 0 Å². The number of oxazole rings is 1. The normalized spacial score (nSPS) is 12.0. The molecule has 0 aliphatic rings. The van der Waals surface area contributed by atoms with Crippen LogP contribution in [-0.2, 0) is 0 Å². The van der Waals surface area contributed by atoms with E-state index in [9.17, 15) is 18.0 Å². The van der Waals surface area contributed by atoms with E-state index in [0.29, 0.717) is 0 Å². The fourth-order valence-corrected chi connectivity index (χ4v) is 2.19. The number of benzene rings is 1. The van der Waals surface area contributed by atoms with Crippen molar-refractivity contribution in [2.45, 2.75) is 10.4 Å². The first-order valence-electron chi connectivity index (χ1n) is 4.65. The fraction of sp³-hybridized carbons (Fsp3) is 0.200. The molecule has 0 radical (unpaired) electrons. The SMILES string of the molecule is O=C(CBr)c1nc2c(SC(F)(F)F)cccc2o1. The Morgan fingerprint density at radius 3 is 2.78 bits per heavy atom. The van der Waals surface area contributed by atoms with Crippen LogP contribution in [0.25, 0.3) is 11.1 Å². The summed E-state index contributed by atoms with van der Waals surface area (Å²) in [5, 5.41) is 0.00156. The van der Waals surface area contributed by atoms with E-state index in [1.807, 2.05) is 0 Å². The Morgan fingerprint density at radius 1 is 1.44 bits per heavy atom.